The molecule has 1 unspecified atom stereocenters. The van der Waals surface area contributed by atoms with Crippen molar-refractivity contribution in [3.05, 3.63) is 70.3 Å². The summed E-state index contributed by atoms with van der Waals surface area (Å²) in [5.41, 5.74) is 6.45. The van der Waals surface area contributed by atoms with Crippen molar-refractivity contribution in [3.63, 3.8) is 0 Å². The molecule has 3 aromatic rings. The summed E-state index contributed by atoms with van der Waals surface area (Å²) in [5, 5.41) is 13.6. The molecule has 9 nitrogen and oxygen atoms in total. The summed E-state index contributed by atoms with van der Waals surface area (Å²) in [6, 6.07) is 13.4. The van der Waals surface area contributed by atoms with E-state index in [-0.39, 0.29) is 12.2 Å². The van der Waals surface area contributed by atoms with Crippen molar-refractivity contribution in [2.45, 2.75) is 56.8 Å². The Labute approximate surface area is 223 Å². The van der Waals surface area contributed by atoms with Crippen LogP contribution in [0.3, 0.4) is 0 Å². The molecule has 0 bridgehead atoms. The number of aromatic nitrogens is 2. The van der Waals surface area contributed by atoms with E-state index in [1.807, 2.05) is 32.3 Å². The molecule has 38 heavy (non-hydrogen) atoms. The number of H-pyrrole nitrogens is 1. The Morgan fingerprint density at radius 1 is 1.29 bits per heavy atom. The molecule has 1 aliphatic rings. The number of rotatable bonds is 11. The second kappa shape index (κ2) is 11.6. The lowest BCUT2D eigenvalue weighted by molar-refractivity contribution is -0.948. The smallest absolute Gasteiger partial charge is 0.249 e. The van der Waals surface area contributed by atoms with Crippen molar-refractivity contribution in [3.8, 4) is 5.88 Å². The normalized spacial score (nSPS) is 21.9. The van der Waals surface area contributed by atoms with Crippen LogP contribution >= 0.6 is 0 Å². The number of aliphatic hydroxyl groups is 1. The maximum atomic E-state index is 12.2. The molecule has 4 N–H and O–H groups in total. The molecule has 3 heterocycles. The zero-order valence-corrected chi connectivity index (χ0v) is 22.5. The van der Waals surface area contributed by atoms with Gasteiger partial charge in [0.15, 0.2) is 6.10 Å². The van der Waals surface area contributed by atoms with Crippen LogP contribution in [0.4, 0.5) is 0 Å². The average Bonchev–Trinajstić information content (AvgIpc) is 2.89. The van der Waals surface area contributed by atoms with Crippen molar-refractivity contribution >= 4 is 16.7 Å². The quantitative estimate of drug-likeness (QED) is 0.331. The molecule has 2 aromatic heterocycles. The second-order valence-electron chi connectivity index (χ2n) is 10.7. The number of aryl methyl sites for hydroxylation is 1. The van der Waals surface area contributed by atoms with Gasteiger partial charge < -0.3 is 29.8 Å². The first-order chi connectivity index (χ1) is 18.2. The molecule has 3 atom stereocenters. The molecule has 0 radical (unpaired) electrons. The highest BCUT2D eigenvalue weighted by Crippen LogP contribution is 2.38. The maximum absolute atomic E-state index is 12.2. The van der Waals surface area contributed by atoms with Crippen LogP contribution in [0, 0.1) is 0 Å². The number of quaternary nitrogens is 1. The Morgan fingerprint density at radius 2 is 2.08 bits per heavy atom. The van der Waals surface area contributed by atoms with Crippen LogP contribution in [0.25, 0.3) is 10.8 Å². The van der Waals surface area contributed by atoms with Gasteiger partial charge in [-0.05, 0) is 35.9 Å². The predicted molar refractivity (Wildman–Crippen MR) is 146 cm³/mol. The Hall–Kier alpha value is -3.27. The van der Waals surface area contributed by atoms with E-state index in [1.165, 1.54) is 6.07 Å². The summed E-state index contributed by atoms with van der Waals surface area (Å²) >= 11 is 0. The fourth-order valence-electron chi connectivity index (χ4n) is 5.50. The van der Waals surface area contributed by atoms with E-state index in [9.17, 15) is 14.7 Å². The Kier molecular flexibility index (Phi) is 8.50. The van der Waals surface area contributed by atoms with Gasteiger partial charge in [0.05, 0.1) is 20.7 Å². The lowest BCUT2D eigenvalue weighted by Crippen LogP contribution is -2.73. The molecule has 204 valence electrons. The van der Waals surface area contributed by atoms with Gasteiger partial charge in [-0.15, -0.1) is 0 Å². The molecule has 1 fully saturated rings. The van der Waals surface area contributed by atoms with Crippen LogP contribution < -0.4 is 16.0 Å². The van der Waals surface area contributed by atoms with Crippen molar-refractivity contribution < 1.29 is 23.9 Å². The number of hydrogen-bond acceptors (Lipinski definition) is 6. The van der Waals surface area contributed by atoms with E-state index in [0.29, 0.717) is 36.4 Å². The highest BCUT2D eigenvalue weighted by atomic mass is 16.5. The number of primary amides is 1. The minimum atomic E-state index is -1.15. The highest BCUT2D eigenvalue weighted by Gasteiger charge is 2.57. The number of nitrogens with two attached hydrogens (primary N) is 1. The number of nitrogens with one attached hydrogen (secondary N) is 1. The van der Waals surface area contributed by atoms with Gasteiger partial charge in [0.25, 0.3) is 0 Å². The van der Waals surface area contributed by atoms with Gasteiger partial charge >= 0.3 is 0 Å². The van der Waals surface area contributed by atoms with E-state index in [1.54, 1.807) is 12.3 Å². The lowest BCUT2D eigenvalue weighted by Gasteiger charge is -2.54. The lowest BCUT2D eigenvalue weighted by atomic mass is 9.75. The number of likely N-dealkylation sites (N-methyl/N-ethyl adjacent to an activating group) is 1. The summed E-state index contributed by atoms with van der Waals surface area (Å²) in [6.45, 7) is 3.32. The largest absolute Gasteiger partial charge is 0.471 e. The van der Waals surface area contributed by atoms with Gasteiger partial charge in [-0.2, -0.15) is 0 Å². The number of ether oxygens (including phenoxy) is 2. The van der Waals surface area contributed by atoms with Crippen molar-refractivity contribution in [2.75, 3.05) is 33.9 Å². The minimum Gasteiger partial charge on any atom is -0.471 e. The summed E-state index contributed by atoms with van der Waals surface area (Å²) in [5.74, 6) is -0.0923. The van der Waals surface area contributed by atoms with Crippen LogP contribution in [0.15, 0.2) is 53.5 Å². The van der Waals surface area contributed by atoms with Crippen molar-refractivity contribution in [2.24, 2.45) is 5.73 Å². The number of amides is 1. The number of carbonyl (C=O) groups is 1. The molecule has 9 heteroatoms. The molecule has 0 aliphatic carbocycles. The van der Waals surface area contributed by atoms with Gasteiger partial charge in [0.1, 0.15) is 24.8 Å². The zero-order chi connectivity index (χ0) is 27.3. The topological polar surface area (TPSA) is 128 Å². The number of carbonyl (C=O) groups excluding carboxylic acids is 1. The Morgan fingerprint density at radius 3 is 2.79 bits per heavy atom. The molecule has 1 aromatic carbocycles. The number of benzene rings is 1. The Bertz CT molecular complexity index is 1300. The maximum Gasteiger partial charge on any atom is 0.249 e. The van der Waals surface area contributed by atoms with Gasteiger partial charge in [0, 0.05) is 36.2 Å². The van der Waals surface area contributed by atoms with Crippen molar-refractivity contribution in [1.29, 1.82) is 0 Å². The van der Waals surface area contributed by atoms with E-state index >= 15 is 0 Å². The Balaban J connectivity index is 1.60. The van der Waals surface area contributed by atoms with E-state index in [2.05, 4.69) is 24.0 Å². The molecule has 0 spiro atoms. The fraction of sp³-hybridized carbons (Fsp3) is 0.483. The van der Waals surface area contributed by atoms with Gasteiger partial charge in [-0.3, -0.25) is 9.59 Å². The van der Waals surface area contributed by atoms with Crippen LogP contribution in [0.2, 0.25) is 0 Å². The van der Waals surface area contributed by atoms with Crippen LogP contribution in [0.1, 0.15) is 37.4 Å². The molecular formula is C29H39N4O5+. The monoisotopic (exact) mass is 523 g/mol. The number of aromatic amines is 1. The van der Waals surface area contributed by atoms with Gasteiger partial charge in [-0.25, -0.2) is 4.98 Å². The zero-order valence-electron chi connectivity index (χ0n) is 22.5. The van der Waals surface area contributed by atoms with E-state index in [4.69, 9.17) is 20.2 Å². The molecule has 0 saturated carbocycles. The summed E-state index contributed by atoms with van der Waals surface area (Å²) in [4.78, 5) is 31.3. The van der Waals surface area contributed by atoms with E-state index in [0.717, 1.165) is 41.3 Å². The number of pyridine rings is 2. The van der Waals surface area contributed by atoms with Crippen LogP contribution in [0.5, 0.6) is 5.88 Å². The predicted octanol–water partition coefficient (Wildman–Crippen LogP) is 2.34. The highest BCUT2D eigenvalue weighted by molar-refractivity contribution is 5.87. The van der Waals surface area contributed by atoms with Gasteiger partial charge in [0.2, 0.25) is 17.3 Å². The molecule has 1 amide bonds. The third kappa shape index (κ3) is 5.75. The summed E-state index contributed by atoms with van der Waals surface area (Å²) in [6.07, 6.45) is 3.34. The summed E-state index contributed by atoms with van der Waals surface area (Å²) in [7, 11) is 4.04. The van der Waals surface area contributed by atoms with Crippen LogP contribution in [-0.2, 0) is 22.4 Å². The number of fused-ring (bicyclic) bond motifs is 1. The van der Waals surface area contributed by atoms with Crippen LogP contribution in [-0.4, -0.2) is 77.1 Å². The van der Waals surface area contributed by atoms with E-state index < -0.39 is 23.7 Å². The molecule has 4 rings (SSSR count). The number of hydrogen-bond donors (Lipinski definition) is 3. The second-order valence-corrected chi connectivity index (χ2v) is 10.7. The molecule has 1 saturated heterocycles. The first kappa shape index (κ1) is 27.8. The fourth-order valence-corrected chi connectivity index (χ4v) is 5.50. The summed E-state index contributed by atoms with van der Waals surface area (Å²) < 4.78 is 12.2. The standard InChI is InChI=1S/C29H38N4O5/c1-4-5-9-22-17-21-8-6-7-10-23(21)28(32-22)38-16-14-33(2,3)29(18-20-11-12-24(34)31-19-20)13-15-37-25(26(29)35)27(30)36/h6-8,10-12,17,19,25-26,35H,4-5,9,13-16,18H2,1-3H3,(H2-,30,31,34,36)/p+1/t25?,26-,29+/m0/s1. The first-order valence-corrected chi connectivity index (χ1v) is 13.3. The van der Waals surface area contributed by atoms with Crippen molar-refractivity contribution in [1.82, 2.24) is 9.97 Å². The third-order valence-electron chi connectivity index (χ3n) is 7.95. The first-order valence-electron chi connectivity index (χ1n) is 13.3. The third-order valence-corrected chi connectivity index (χ3v) is 7.95. The van der Waals surface area contributed by atoms with Gasteiger partial charge in [-0.1, -0.05) is 37.6 Å². The number of unbranched alkanes of at least 4 members (excludes halogenated alkanes) is 1. The number of aliphatic hydroxyl groups excluding tert-OH is 1. The minimum absolute atomic E-state index is 0.201. The molecular weight excluding hydrogens is 484 g/mol. The number of nitrogens with zero attached hydrogens (tertiary/aromatic N) is 2. The average molecular weight is 524 g/mol. The SMILES string of the molecule is CCCCc1cc2ccccc2c(OCC[N+](C)(C)[C@@]2(Cc3ccc(=O)[nH]c3)CCOC(C(N)=O)[C@@H]2O)n1. The molecule has 1 aliphatic heterocycles.